The average Bonchev–Trinajstić information content (AvgIpc) is 2.87. The van der Waals surface area contributed by atoms with Crippen LogP contribution in [0.25, 0.3) is 16.9 Å². The minimum absolute atomic E-state index is 0.156. The molecule has 1 aromatic carbocycles. The van der Waals surface area contributed by atoms with Crippen LogP contribution in [0.4, 0.5) is 23.4 Å². The van der Waals surface area contributed by atoms with Crippen LogP contribution in [-0.2, 0) is 4.79 Å². The van der Waals surface area contributed by atoms with E-state index in [4.69, 9.17) is 0 Å². The highest BCUT2D eigenvalue weighted by atomic mass is 19.4. The summed E-state index contributed by atoms with van der Waals surface area (Å²) in [4.78, 5) is 17.3. The first-order valence-electron chi connectivity index (χ1n) is 10.1. The van der Waals surface area contributed by atoms with Crippen molar-refractivity contribution in [3.63, 3.8) is 0 Å². The van der Waals surface area contributed by atoms with Gasteiger partial charge in [-0.15, -0.1) is 13.2 Å². The molecule has 2 aromatic heterocycles. The number of nitrogens with zero attached hydrogens (tertiary/aromatic N) is 2. The molecule has 0 atom stereocenters. The number of pyridine rings is 1. The van der Waals surface area contributed by atoms with Crippen LogP contribution < -0.4 is 10.1 Å². The predicted molar refractivity (Wildman–Crippen MR) is 107 cm³/mol. The number of hydrogen-bond donors (Lipinski definition) is 1. The van der Waals surface area contributed by atoms with Gasteiger partial charge in [-0.3, -0.25) is 9.20 Å². The van der Waals surface area contributed by atoms with Crippen molar-refractivity contribution in [2.45, 2.75) is 44.9 Å². The number of ether oxygens (including phenoxy) is 1. The maximum Gasteiger partial charge on any atom is 0.573 e. The molecule has 9 heteroatoms. The van der Waals surface area contributed by atoms with Crippen molar-refractivity contribution in [3.05, 3.63) is 48.4 Å². The number of aromatic nitrogens is 2. The van der Waals surface area contributed by atoms with Crippen LogP contribution in [0.1, 0.15) is 38.5 Å². The first-order chi connectivity index (χ1) is 14.8. The van der Waals surface area contributed by atoms with Crippen LogP contribution in [0, 0.1) is 11.7 Å². The second-order valence-electron chi connectivity index (χ2n) is 7.64. The molecular formula is C22H21F4N3O2. The Hall–Kier alpha value is -3.10. The van der Waals surface area contributed by atoms with Gasteiger partial charge < -0.3 is 10.1 Å². The van der Waals surface area contributed by atoms with Crippen LogP contribution in [0.15, 0.2) is 42.6 Å². The normalized spacial score (nSPS) is 15.6. The van der Waals surface area contributed by atoms with E-state index in [1.807, 2.05) is 0 Å². The first kappa shape index (κ1) is 21.1. The quantitative estimate of drug-likeness (QED) is 0.407. The molecule has 0 spiro atoms. The number of carbonyl (C=O) groups is 1. The van der Waals surface area contributed by atoms with E-state index in [0.717, 1.165) is 38.5 Å². The van der Waals surface area contributed by atoms with E-state index in [0.29, 0.717) is 11.2 Å². The van der Waals surface area contributed by atoms with Crippen molar-refractivity contribution in [1.29, 1.82) is 0 Å². The zero-order chi connectivity index (χ0) is 22.0. The SMILES string of the molecule is O=C(Nc1nc2ccc(F)cn2c1-c1cccc(OC(F)(F)F)c1)C1CCCCCC1. The van der Waals surface area contributed by atoms with E-state index >= 15 is 0 Å². The van der Waals surface area contributed by atoms with E-state index in [1.54, 1.807) is 6.07 Å². The zero-order valence-corrected chi connectivity index (χ0v) is 16.6. The molecule has 5 nitrogen and oxygen atoms in total. The van der Waals surface area contributed by atoms with Gasteiger partial charge in [-0.2, -0.15) is 0 Å². The summed E-state index contributed by atoms with van der Waals surface area (Å²) in [5, 5.41) is 2.83. The summed E-state index contributed by atoms with van der Waals surface area (Å²) in [6.45, 7) is 0. The Morgan fingerprint density at radius 3 is 2.55 bits per heavy atom. The molecule has 4 rings (SSSR count). The largest absolute Gasteiger partial charge is 0.573 e. The summed E-state index contributed by atoms with van der Waals surface area (Å²) < 4.78 is 57.4. The summed E-state index contributed by atoms with van der Waals surface area (Å²) in [7, 11) is 0. The van der Waals surface area contributed by atoms with Crippen molar-refractivity contribution >= 4 is 17.4 Å². The monoisotopic (exact) mass is 435 g/mol. The van der Waals surface area contributed by atoms with Crippen LogP contribution in [0.3, 0.4) is 0 Å². The van der Waals surface area contributed by atoms with Gasteiger partial charge in [0.1, 0.15) is 17.2 Å². The van der Waals surface area contributed by atoms with Gasteiger partial charge in [-0.25, -0.2) is 9.37 Å². The molecule has 1 aliphatic rings. The molecular weight excluding hydrogens is 414 g/mol. The lowest BCUT2D eigenvalue weighted by Crippen LogP contribution is -2.23. The fourth-order valence-electron chi connectivity index (χ4n) is 3.98. The van der Waals surface area contributed by atoms with Crippen molar-refractivity contribution in [1.82, 2.24) is 9.38 Å². The van der Waals surface area contributed by atoms with E-state index in [9.17, 15) is 22.4 Å². The molecule has 0 unspecified atom stereocenters. The Kier molecular flexibility index (Phi) is 5.84. The smallest absolute Gasteiger partial charge is 0.406 e. The van der Waals surface area contributed by atoms with Gasteiger partial charge in [0, 0.05) is 17.7 Å². The molecule has 0 bridgehead atoms. The van der Waals surface area contributed by atoms with Crippen LogP contribution in [0.5, 0.6) is 5.75 Å². The Morgan fingerprint density at radius 1 is 1.10 bits per heavy atom. The molecule has 0 radical (unpaired) electrons. The Bertz CT molecular complexity index is 1090. The average molecular weight is 435 g/mol. The summed E-state index contributed by atoms with van der Waals surface area (Å²) in [6.07, 6.45) is 2.01. The van der Waals surface area contributed by atoms with Gasteiger partial charge in [-0.05, 0) is 37.1 Å². The molecule has 0 aliphatic heterocycles. The van der Waals surface area contributed by atoms with Crippen LogP contribution in [0.2, 0.25) is 0 Å². The molecule has 1 fully saturated rings. The number of rotatable bonds is 4. The lowest BCUT2D eigenvalue weighted by Gasteiger charge is -2.14. The third-order valence-corrected chi connectivity index (χ3v) is 5.39. The number of anilines is 1. The number of halogens is 4. The maximum absolute atomic E-state index is 13.9. The number of imidazole rings is 1. The van der Waals surface area contributed by atoms with Gasteiger partial charge >= 0.3 is 6.36 Å². The number of hydrogen-bond acceptors (Lipinski definition) is 3. The fourth-order valence-corrected chi connectivity index (χ4v) is 3.98. The minimum atomic E-state index is -4.85. The minimum Gasteiger partial charge on any atom is -0.406 e. The van der Waals surface area contributed by atoms with Crippen molar-refractivity contribution in [3.8, 4) is 17.0 Å². The molecule has 1 aliphatic carbocycles. The van der Waals surface area contributed by atoms with Crippen LogP contribution >= 0.6 is 0 Å². The van der Waals surface area contributed by atoms with Gasteiger partial charge in [0.05, 0.1) is 5.69 Å². The number of carbonyl (C=O) groups excluding carboxylic acids is 1. The molecule has 0 saturated heterocycles. The molecule has 1 saturated carbocycles. The maximum atomic E-state index is 13.9. The fraction of sp³-hybridized carbons (Fsp3) is 0.364. The second kappa shape index (κ2) is 8.56. The third-order valence-electron chi connectivity index (χ3n) is 5.39. The van der Waals surface area contributed by atoms with Gasteiger partial charge in [0.15, 0.2) is 5.82 Å². The Balaban J connectivity index is 1.74. The molecule has 1 N–H and O–H groups in total. The number of benzene rings is 1. The molecule has 3 aromatic rings. The van der Waals surface area contributed by atoms with Gasteiger partial charge in [0.2, 0.25) is 5.91 Å². The lowest BCUT2D eigenvalue weighted by molar-refractivity contribution is -0.274. The van der Waals surface area contributed by atoms with Crippen molar-refractivity contribution < 1.29 is 27.1 Å². The highest BCUT2D eigenvalue weighted by molar-refractivity contribution is 5.96. The predicted octanol–water partition coefficient (Wildman–Crippen LogP) is 5.95. The number of amides is 1. The number of fused-ring (bicyclic) bond motifs is 1. The van der Waals surface area contributed by atoms with E-state index in [1.165, 1.54) is 40.9 Å². The molecule has 31 heavy (non-hydrogen) atoms. The summed E-state index contributed by atoms with van der Waals surface area (Å²) in [5.41, 5.74) is 0.940. The van der Waals surface area contributed by atoms with Crippen molar-refractivity contribution in [2.24, 2.45) is 5.92 Å². The zero-order valence-electron chi connectivity index (χ0n) is 16.6. The summed E-state index contributed by atoms with van der Waals surface area (Å²) in [5.74, 6) is -1.14. The van der Waals surface area contributed by atoms with E-state index in [-0.39, 0.29) is 23.3 Å². The van der Waals surface area contributed by atoms with Gasteiger partial charge in [0.25, 0.3) is 0 Å². The summed E-state index contributed by atoms with van der Waals surface area (Å²) in [6, 6.07) is 7.97. The number of nitrogens with one attached hydrogen (secondary N) is 1. The topological polar surface area (TPSA) is 55.6 Å². The highest BCUT2D eigenvalue weighted by Gasteiger charge is 2.31. The molecule has 1 amide bonds. The first-order valence-corrected chi connectivity index (χ1v) is 10.1. The Morgan fingerprint density at radius 2 is 1.84 bits per heavy atom. The van der Waals surface area contributed by atoms with Crippen molar-refractivity contribution in [2.75, 3.05) is 5.32 Å². The summed E-state index contributed by atoms with van der Waals surface area (Å²) >= 11 is 0. The van der Waals surface area contributed by atoms with Crippen LogP contribution in [-0.4, -0.2) is 21.7 Å². The Labute approximate surface area is 176 Å². The van der Waals surface area contributed by atoms with E-state index < -0.39 is 17.9 Å². The molecule has 164 valence electrons. The van der Waals surface area contributed by atoms with E-state index in [2.05, 4.69) is 15.0 Å². The third kappa shape index (κ3) is 4.98. The number of alkyl halides is 3. The highest BCUT2D eigenvalue weighted by Crippen LogP contribution is 2.34. The second-order valence-corrected chi connectivity index (χ2v) is 7.64. The lowest BCUT2D eigenvalue weighted by atomic mass is 9.99. The van der Waals surface area contributed by atoms with Gasteiger partial charge in [-0.1, -0.05) is 37.8 Å². The molecule has 2 heterocycles. The standard InChI is InChI=1S/C22H21F4N3O2/c23-16-10-11-18-27-20(28-21(30)14-6-3-1-2-4-7-14)19(29(18)13-16)15-8-5-9-17(12-15)31-22(24,25)26/h5,8-14H,1-4,6-7H2,(H,28,30).